The van der Waals surface area contributed by atoms with E-state index in [-0.39, 0.29) is 12.5 Å². The maximum absolute atomic E-state index is 12.0. The van der Waals surface area contributed by atoms with Gasteiger partial charge in [-0.05, 0) is 49.5 Å². The summed E-state index contributed by atoms with van der Waals surface area (Å²) in [5, 5.41) is 1.77. The molecule has 0 spiro atoms. The van der Waals surface area contributed by atoms with Crippen LogP contribution in [0, 0.1) is 0 Å². The third kappa shape index (κ3) is 2.63. The predicted molar refractivity (Wildman–Crippen MR) is 97.9 cm³/mol. The first-order valence-corrected chi connectivity index (χ1v) is 8.56. The Morgan fingerprint density at radius 1 is 1.36 bits per heavy atom. The first-order chi connectivity index (χ1) is 12.2. The normalized spacial score (nSPS) is 14.2. The largest absolute Gasteiger partial charge is 0.465 e. The highest BCUT2D eigenvalue weighted by molar-refractivity contribution is 6.12. The number of allylic oxidation sites excluding steroid dienone is 2. The highest BCUT2D eigenvalue weighted by Gasteiger charge is 2.18. The van der Waals surface area contributed by atoms with Gasteiger partial charge in [-0.25, -0.2) is 9.97 Å². The van der Waals surface area contributed by atoms with Gasteiger partial charge in [-0.2, -0.15) is 0 Å². The molecule has 1 aliphatic carbocycles. The minimum atomic E-state index is -0.291. The van der Waals surface area contributed by atoms with Crippen LogP contribution in [0.5, 0.6) is 0 Å². The Kier molecular flexibility index (Phi) is 3.87. The van der Waals surface area contributed by atoms with Crippen LogP contribution in [-0.4, -0.2) is 27.1 Å². The zero-order valence-corrected chi connectivity index (χ0v) is 14.2. The lowest BCUT2D eigenvalue weighted by Gasteiger charge is -2.07. The van der Waals surface area contributed by atoms with Crippen molar-refractivity contribution in [2.75, 3.05) is 12.3 Å². The Labute approximate surface area is 145 Å². The molecule has 2 heterocycles. The van der Waals surface area contributed by atoms with E-state index in [1.54, 1.807) is 6.92 Å². The Hall–Kier alpha value is -2.89. The number of esters is 1. The summed E-state index contributed by atoms with van der Waals surface area (Å²) in [4.78, 5) is 20.5. The molecule has 25 heavy (non-hydrogen) atoms. The average Bonchev–Trinajstić information content (AvgIpc) is 3.23. The molecular formula is C19H20N4O2. The Morgan fingerprint density at radius 3 is 3.00 bits per heavy atom. The summed E-state index contributed by atoms with van der Waals surface area (Å²) in [5.74, 6) is 0.135. The van der Waals surface area contributed by atoms with E-state index in [0.717, 1.165) is 29.1 Å². The number of carbonyl (C=O) groups is 1. The molecule has 2 aromatic heterocycles. The van der Waals surface area contributed by atoms with Crippen LogP contribution in [0.2, 0.25) is 0 Å². The van der Waals surface area contributed by atoms with E-state index >= 15 is 0 Å². The highest BCUT2D eigenvalue weighted by atomic mass is 16.5. The standard InChI is InChI=1S/C19H20N4O2/c1-2-25-16(24)10-23-15-8-7-13(12-5-3-4-6-12)9-14(15)17-18(20)21-11-22-19(17)23/h5,7-9,11H,2-4,6,10H2,1H3,(H2,20,21,22). The van der Waals surface area contributed by atoms with Crippen molar-refractivity contribution in [3.63, 3.8) is 0 Å². The van der Waals surface area contributed by atoms with Crippen LogP contribution >= 0.6 is 0 Å². The summed E-state index contributed by atoms with van der Waals surface area (Å²) in [7, 11) is 0. The molecule has 0 saturated heterocycles. The van der Waals surface area contributed by atoms with Crippen LogP contribution in [-0.2, 0) is 16.1 Å². The lowest BCUT2D eigenvalue weighted by Crippen LogP contribution is -2.13. The first kappa shape index (κ1) is 15.6. The minimum absolute atomic E-state index is 0.104. The van der Waals surface area contributed by atoms with Gasteiger partial charge in [0.2, 0.25) is 0 Å². The summed E-state index contributed by atoms with van der Waals surface area (Å²) >= 11 is 0. The molecule has 0 atom stereocenters. The molecule has 0 unspecified atom stereocenters. The molecule has 0 amide bonds. The summed E-state index contributed by atoms with van der Waals surface area (Å²) in [6, 6.07) is 6.27. The molecule has 4 rings (SSSR count). The number of hydrogen-bond acceptors (Lipinski definition) is 5. The number of anilines is 1. The van der Waals surface area contributed by atoms with Crippen molar-refractivity contribution in [2.24, 2.45) is 0 Å². The fourth-order valence-corrected chi connectivity index (χ4v) is 3.57. The number of fused-ring (bicyclic) bond motifs is 3. The molecule has 0 bridgehead atoms. The molecule has 6 heteroatoms. The molecule has 3 aromatic rings. The first-order valence-electron chi connectivity index (χ1n) is 8.56. The van der Waals surface area contributed by atoms with Crippen molar-refractivity contribution in [3.05, 3.63) is 36.2 Å². The molecule has 0 radical (unpaired) electrons. The van der Waals surface area contributed by atoms with Crippen LogP contribution in [0.4, 0.5) is 5.82 Å². The molecule has 0 aliphatic heterocycles. The summed E-state index contributed by atoms with van der Waals surface area (Å²) in [6.45, 7) is 2.25. The van der Waals surface area contributed by atoms with Gasteiger partial charge in [0.25, 0.3) is 0 Å². The number of benzene rings is 1. The number of hydrogen-bond donors (Lipinski definition) is 1. The lowest BCUT2D eigenvalue weighted by atomic mass is 10.0. The summed E-state index contributed by atoms with van der Waals surface area (Å²) < 4.78 is 6.96. The molecule has 128 valence electrons. The van der Waals surface area contributed by atoms with Gasteiger partial charge in [0.15, 0.2) is 0 Å². The fourth-order valence-electron chi connectivity index (χ4n) is 3.57. The fraction of sp³-hybridized carbons (Fsp3) is 0.316. The third-order valence-corrected chi connectivity index (χ3v) is 4.67. The molecule has 1 aromatic carbocycles. The number of nitrogens with two attached hydrogens (primary N) is 1. The van der Waals surface area contributed by atoms with Crippen molar-refractivity contribution in [1.29, 1.82) is 0 Å². The predicted octanol–water partition coefficient (Wildman–Crippen LogP) is 3.30. The van der Waals surface area contributed by atoms with Crippen LogP contribution in [0.3, 0.4) is 0 Å². The maximum atomic E-state index is 12.0. The van der Waals surface area contributed by atoms with Gasteiger partial charge in [0.1, 0.15) is 24.3 Å². The zero-order chi connectivity index (χ0) is 17.4. The van der Waals surface area contributed by atoms with Gasteiger partial charge >= 0.3 is 5.97 Å². The van der Waals surface area contributed by atoms with Gasteiger partial charge < -0.3 is 15.0 Å². The lowest BCUT2D eigenvalue weighted by molar-refractivity contribution is -0.143. The van der Waals surface area contributed by atoms with Crippen molar-refractivity contribution < 1.29 is 9.53 Å². The topological polar surface area (TPSA) is 83.0 Å². The van der Waals surface area contributed by atoms with E-state index in [1.165, 1.54) is 23.9 Å². The van der Waals surface area contributed by atoms with Gasteiger partial charge in [-0.1, -0.05) is 12.1 Å². The van der Waals surface area contributed by atoms with E-state index in [4.69, 9.17) is 10.5 Å². The molecule has 2 N–H and O–H groups in total. The van der Waals surface area contributed by atoms with Gasteiger partial charge in [0, 0.05) is 5.39 Å². The second-order valence-electron chi connectivity index (χ2n) is 6.20. The van der Waals surface area contributed by atoms with E-state index in [2.05, 4.69) is 28.2 Å². The van der Waals surface area contributed by atoms with Crippen molar-refractivity contribution in [3.8, 4) is 0 Å². The second-order valence-corrected chi connectivity index (χ2v) is 6.20. The quantitative estimate of drug-likeness (QED) is 0.739. The zero-order valence-electron chi connectivity index (χ0n) is 14.2. The van der Waals surface area contributed by atoms with Crippen molar-refractivity contribution >= 4 is 39.3 Å². The second kappa shape index (κ2) is 6.20. The average molecular weight is 336 g/mol. The molecule has 0 fully saturated rings. The van der Waals surface area contributed by atoms with Gasteiger partial charge in [0.05, 0.1) is 17.5 Å². The molecule has 6 nitrogen and oxygen atoms in total. The van der Waals surface area contributed by atoms with Crippen LogP contribution in [0.15, 0.2) is 30.6 Å². The SMILES string of the molecule is CCOC(=O)Cn1c2ccc(C3=CCCC3)cc2c2c(N)ncnc21. The van der Waals surface area contributed by atoms with Gasteiger partial charge in [-0.3, -0.25) is 4.79 Å². The Bertz CT molecular complexity index is 1000. The number of ether oxygens (including phenoxy) is 1. The monoisotopic (exact) mass is 336 g/mol. The molecule has 0 saturated carbocycles. The van der Waals surface area contributed by atoms with E-state index < -0.39 is 0 Å². The van der Waals surface area contributed by atoms with Crippen LogP contribution in [0.25, 0.3) is 27.5 Å². The van der Waals surface area contributed by atoms with Crippen molar-refractivity contribution in [1.82, 2.24) is 14.5 Å². The Balaban J connectivity index is 1.94. The smallest absolute Gasteiger partial charge is 0.326 e. The molecule has 1 aliphatic rings. The number of aromatic nitrogens is 3. The Morgan fingerprint density at radius 2 is 2.24 bits per heavy atom. The summed E-state index contributed by atoms with van der Waals surface area (Å²) in [6.07, 6.45) is 7.14. The minimum Gasteiger partial charge on any atom is -0.465 e. The van der Waals surface area contributed by atoms with Crippen LogP contribution < -0.4 is 5.73 Å². The van der Waals surface area contributed by atoms with E-state index in [1.807, 2.05) is 10.6 Å². The third-order valence-electron chi connectivity index (χ3n) is 4.67. The number of rotatable bonds is 4. The number of carbonyl (C=O) groups excluding carboxylic acids is 1. The van der Waals surface area contributed by atoms with Crippen molar-refractivity contribution in [2.45, 2.75) is 32.7 Å². The highest BCUT2D eigenvalue weighted by Crippen LogP contribution is 2.35. The number of nitrogen functional groups attached to an aromatic ring is 1. The van der Waals surface area contributed by atoms with Gasteiger partial charge in [-0.15, -0.1) is 0 Å². The maximum Gasteiger partial charge on any atom is 0.326 e. The molecular weight excluding hydrogens is 316 g/mol. The number of nitrogens with zero attached hydrogens (tertiary/aromatic N) is 3. The van der Waals surface area contributed by atoms with E-state index in [0.29, 0.717) is 18.1 Å². The van der Waals surface area contributed by atoms with Crippen LogP contribution in [0.1, 0.15) is 31.7 Å². The summed E-state index contributed by atoms with van der Waals surface area (Å²) in [5.41, 5.74) is 10.3. The van der Waals surface area contributed by atoms with E-state index in [9.17, 15) is 4.79 Å².